The van der Waals surface area contributed by atoms with E-state index >= 15 is 0 Å². The average molecular weight is 670 g/mol. The van der Waals surface area contributed by atoms with Crippen LogP contribution in [0.1, 0.15) is 63.5 Å². The van der Waals surface area contributed by atoms with Crippen molar-refractivity contribution in [1.82, 2.24) is 9.80 Å². The molecule has 2 aromatic carbocycles. The molecule has 0 saturated carbocycles. The Bertz CT molecular complexity index is 1060. The van der Waals surface area contributed by atoms with Gasteiger partial charge in [-0.2, -0.15) is 0 Å². The van der Waals surface area contributed by atoms with Gasteiger partial charge in [0.05, 0.1) is 0 Å². The third-order valence-electron chi connectivity index (χ3n) is 6.41. The maximum Gasteiger partial charge on any atom is 2.00 e. The number of para-hydroxylation sites is 2. The van der Waals surface area contributed by atoms with Crippen LogP contribution in [0.2, 0.25) is 0 Å². The molecule has 0 N–H and O–H groups in total. The zero-order valence-electron chi connectivity index (χ0n) is 22.7. The number of thiol groups is 2. The second kappa shape index (κ2) is 19.2. The second-order valence-electron chi connectivity index (χ2n) is 9.26. The van der Waals surface area contributed by atoms with E-state index in [1.807, 2.05) is 12.1 Å². The molecular weight excluding hydrogens is 634 g/mol. The van der Waals surface area contributed by atoms with Gasteiger partial charge in [-0.05, 0) is 50.7 Å². The van der Waals surface area contributed by atoms with E-state index in [9.17, 15) is 10.2 Å². The van der Waals surface area contributed by atoms with Crippen LogP contribution in [-0.4, -0.2) is 57.6 Å². The van der Waals surface area contributed by atoms with Gasteiger partial charge in [0.25, 0.3) is 0 Å². The van der Waals surface area contributed by atoms with Crippen LogP contribution in [0, 0.1) is 0 Å². The topological polar surface area (TPSA) is 106 Å². The zero-order valence-corrected chi connectivity index (χ0v) is 26.5. The number of hydrogen-bond acceptors (Lipinski definition) is 4. The fourth-order valence-corrected chi connectivity index (χ4v) is 4.68. The predicted molar refractivity (Wildman–Crippen MR) is 161 cm³/mol. The van der Waals surface area contributed by atoms with Crippen LogP contribution in [-0.2, 0) is 57.4 Å². The molecule has 0 atom stereocenters. The largest absolute Gasteiger partial charge is 2.00 e. The Labute approximate surface area is 268 Å². The zero-order chi connectivity index (χ0) is 27.3. The van der Waals surface area contributed by atoms with Gasteiger partial charge < -0.3 is 31.3 Å². The first-order valence-corrected chi connectivity index (χ1v) is 13.9. The second-order valence-corrected chi connectivity index (χ2v) is 10.1. The van der Waals surface area contributed by atoms with Crippen LogP contribution < -0.4 is 10.2 Å². The van der Waals surface area contributed by atoms with Crippen LogP contribution in [0.5, 0.6) is 11.5 Å². The van der Waals surface area contributed by atoms with Crippen molar-refractivity contribution >= 4 is 46.1 Å². The Kier molecular flexibility index (Phi) is 17.4. The first-order chi connectivity index (χ1) is 18.4. The van der Waals surface area contributed by atoms with E-state index in [2.05, 4.69) is 55.3 Å². The van der Waals surface area contributed by atoms with E-state index in [4.69, 9.17) is 0 Å². The van der Waals surface area contributed by atoms with Gasteiger partial charge in [0, 0.05) is 37.6 Å². The number of likely N-dealkylation sites (tertiary alicyclic amines) is 2. The normalized spacial score (nSPS) is 16.4. The smallest absolute Gasteiger partial charge is 0.872 e. The van der Waals surface area contributed by atoms with Crippen molar-refractivity contribution in [3.63, 3.8) is 0 Å². The summed E-state index contributed by atoms with van der Waals surface area (Å²) in [6.07, 6.45) is 7.22. The monoisotopic (exact) mass is 668 g/mol. The van der Waals surface area contributed by atoms with Crippen molar-refractivity contribution in [1.29, 1.82) is 0 Å². The summed E-state index contributed by atoms with van der Waals surface area (Å²) in [5, 5.41) is 32.8. The standard InChI is InChI=1S/2C14H19N3OS.2Ni/c2*1-11(12-7-3-4-8-13(12)18)15-16-14(19)17-9-5-2-6-10-17;;/h2*3-4,7-8H,2,5-6,9-10H2,1H3,(H2,15,16,18,19);;/q;;2*+2/p-2. The summed E-state index contributed by atoms with van der Waals surface area (Å²) in [6.45, 7) is 7.50. The fourth-order valence-electron chi connectivity index (χ4n) is 4.19. The molecule has 4 rings (SSSR count). The minimum absolute atomic E-state index is 0. The van der Waals surface area contributed by atoms with Crippen molar-refractivity contribution in [2.75, 3.05) is 26.2 Å². The van der Waals surface area contributed by atoms with Gasteiger partial charge in [0.2, 0.25) is 0 Å². The van der Waals surface area contributed by atoms with Crippen molar-refractivity contribution in [3.05, 3.63) is 70.5 Å². The minimum Gasteiger partial charge on any atom is -0.872 e. The van der Waals surface area contributed by atoms with E-state index in [0.29, 0.717) is 32.8 Å². The third kappa shape index (κ3) is 11.5. The molecule has 12 heteroatoms. The molecule has 40 heavy (non-hydrogen) atoms. The fraction of sp³-hybridized carbons (Fsp3) is 0.429. The molecule has 2 aromatic rings. The molecule has 220 valence electrons. The summed E-state index contributed by atoms with van der Waals surface area (Å²) in [7, 11) is 0. The van der Waals surface area contributed by atoms with E-state index in [1.165, 1.54) is 50.7 Å². The molecule has 2 saturated heterocycles. The summed E-state index contributed by atoms with van der Waals surface area (Å²) in [5.74, 6) is -0.0599. The molecule has 0 aliphatic carbocycles. The van der Waals surface area contributed by atoms with E-state index in [0.717, 1.165) is 26.2 Å². The van der Waals surface area contributed by atoms with E-state index in [1.54, 1.807) is 38.1 Å². The number of benzene rings is 2. The first-order valence-electron chi connectivity index (χ1n) is 13.0. The Balaban J connectivity index is 0.000000381. The van der Waals surface area contributed by atoms with Crippen LogP contribution in [0.3, 0.4) is 0 Å². The number of nitrogens with zero attached hydrogens (tertiary/aromatic N) is 6. The van der Waals surface area contributed by atoms with Crippen LogP contribution in [0.4, 0.5) is 0 Å². The number of hydrogen-bond donors (Lipinski definition) is 0. The number of rotatable bonds is 4. The Hall–Kier alpha value is -1.93. The molecule has 0 spiro atoms. The maximum absolute atomic E-state index is 11.6. The van der Waals surface area contributed by atoms with Crippen molar-refractivity contribution in [2.45, 2.75) is 52.4 Å². The average Bonchev–Trinajstić information content (AvgIpc) is 2.96. The summed E-state index contributed by atoms with van der Waals surface area (Å²) < 4.78 is 0. The van der Waals surface area contributed by atoms with Crippen molar-refractivity contribution < 1.29 is 43.2 Å². The van der Waals surface area contributed by atoms with Crippen LogP contribution in [0.15, 0.2) is 58.7 Å². The van der Waals surface area contributed by atoms with Crippen molar-refractivity contribution in [3.8, 4) is 11.5 Å². The SMILES string of the molecule is CC(=N[N-]C(=[SH+])N1CCCCC1)c1ccccc1[O-].CC(=N[N-]C(=[SH+])N1CCCCC1)c1ccccc1[O-].[Ni+2].[Ni+2]. The van der Waals surface area contributed by atoms with Crippen LogP contribution in [0.25, 0.3) is 10.9 Å². The Morgan fingerprint density at radius 1 is 0.625 bits per heavy atom. The summed E-state index contributed by atoms with van der Waals surface area (Å²) in [4.78, 5) is 4.24. The molecule has 8 nitrogen and oxygen atoms in total. The molecule has 2 aliphatic rings. The summed E-state index contributed by atoms with van der Waals surface area (Å²) in [5.41, 5.74) is 10.7. The van der Waals surface area contributed by atoms with E-state index < -0.39 is 0 Å². The van der Waals surface area contributed by atoms with E-state index in [-0.39, 0.29) is 44.5 Å². The minimum atomic E-state index is -0.0300. The molecule has 0 radical (unpaired) electrons. The molecule has 2 heterocycles. The molecule has 2 fully saturated rings. The Morgan fingerprint density at radius 3 is 1.27 bits per heavy atom. The van der Waals surface area contributed by atoms with Gasteiger partial charge in [0.1, 0.15) is 0 Å². The van der Waals surface area contributed by atoms with Crippen molar-refractivity contribution in [2.24, 2.45) is 10.2 Å². The third-order valence-corrected chi connectivity index (χ3v) is 7.15. The molecule has 0 aromatic heterocycles. The molecule has 2 aliphatic heterocycles. The molecule has 0 bridgehead atoms. The van der Waals surface area contributed by atoms with Gasteiger partial charge in [-0.1, -0.05) is 72.9 Å². The first kappa shape index (κ1) is 36.1. The maximum atomic E-state index is 11.6. The predicted octanol–water partition coefficient (Wildman–Crippen LogP) is 3.42. The Morgan fingerprint density at radius 2 is 0.950 bits per heavy atom. The van der Waals surface area contributed by atoms with Gasteiger partial charge in [-0.15, -0.1) is 0 Å². The number of piperidine rings is 2. The summed E-state index contributed by atoms with van der Waals surface area (Å²) >= 11 is 8.75. The quantitative estimate of drug-likeness (QED) is 0.124. The molecular formula is C28H36N6Ni2O2S2+2. The molecule has 0 amide bonds. The van der Waals surface area contributed by atoms with Gasteiger partial charge >= 0.3 is 33.0 Å². The van der Waals surface area contributed by atoms with Gasteiger partial charge in [-0.3, -0.25) is 0 Å². The van der Waals surface area contributed by atoms with Gasteiger partial charge in [-0.25, -0.2) is 9.80 Å². The summed E-state index contributed by atoms with van der Waals surface area (Å²) in [6, 6.07) is 13.7. The van der Waals surface area contributed by atoms with Crippen LogP contribution >= 0.6 is 0 Å². The van der Waals surface area contributed by atoms with Gasteiger partial charge in [0.15, 0.2) is 34.7 Å². The molecule has 0 unspecified atom stereocenters.